The number of hydrogen-bond acceptors (Lipinski definition) is 4. The highest BCUT2D eigenvalue weighted by Gasteiger charge is 2.24. The van der Waals surface area contributed by atoms with Crippen molar-refractivity contribution in [2.75, 3.05) is 5.43 Å². The number of nitrogens with zero attached hydrogens (tertiary/aromatic N) is 2. The Balaban J connectivity index is 2.35. The minimum atomic E-state index is -2.29. The maximum Gasteiger partial charge on any atom is 0.294 e. The summed E-state index contributed by atoms with van der Waals surface area (Å²) < 4.78 is 65.6. The Morgan fingerprint density at radius 2 is 1.48 bits per heavy atom. The van der Waals surface area contributed by atoms with Crippen LogP contribution in [0.15, 0.2) is 29.4 Å². The van der Waals surface area contributed by atoms with E-state index in [1.54, 1.807) is 0 Å². The molecule has 0 aliphatic rings. The summed E-state index contributed by atoms with van der Waals surface area (Å²) in [6.45, 7) is 0. The second-order valence-corrected chi connectivity index (χ2v) is 4.13. The van der Waals surface area contributed by atoms with E-state index in [9.17, 15) is 32.1 Å². The molecule has 0 aliphatic carbocycles. The molecule has 0 saturated heterocycles. The van der Waals surface area contributed by atoms with Crippen molar-refractivity contribution in [1.82, 2.24) is 0 Å². The summed E-state index contributed by atoms with van der Waals surface area (Å²) in [5.41, 5.74) is 0.322. The van der Waals surface area contributed by atoms with Gasteiger partial charge in [-0.25, -0.2) is 22.0 Å². The van der Waals surface area contributed by atoms with Crippen LogP contribution >= 0.6 is 0 Å². The number of anilines is 1. The van der Waals surface area contributed by atoms with Gasteiger partial charge in [-0.05, 0) is 6.07 Å². The second-order valence-electron chi connectivity index (χ2n) is 4.13. The number of rotatable bonds is 4. The fraction of sp³-hybridized carbons (Fsp3) is 0. The van der Waals surface area contributed by atoms with Gasteiger partial charge in [0.15, 0.2) is 23.3 Å². The summed E-state index contributed by atoms with van der Waals surface area (Å²) >= 11 is 0. The minimum Gasteiger partial charge on any atom is -0.272 e. The second kappa shape index (κ2) is 6.38. The molecule has 0 bridgehead atoms. The molecule has 0 heterocycles. The number of hydrazone groups is 1. The number of benzene rings is 2. The Bertz CT molecular complexity index is 781. The Kier molecular flexibility index (Phi) is 4.53. The van der Waals surface area contributed by atoms with Crippen molar-refractivity contribution in [2.24, 2.45) is 5.10 Å². The van der Waals surface area contributed by atoms with E-state index in [2.05, 4.69) is 10.5 Å². The van der Waals surface area contributed by atoms with Crippen molar-refractivity contribution in [3.05, 3.63) is 69.0 Å². The van der Waals surface area contributed by atoms with E-state index in [4.69, 9.17) is 0 Å². The first kappa shape index (κ1) is 16.3. The van der Waals surface area contributed by atoms with Gasteiger partial charge in [-0.2, -0.15) is 5.10 Å². The molecule has 2 aromatic carbocycles. The fourth-order valence-electron chi connectivity index (χ4n) is 1.63. The number of para-hydroxylation sites is 2. The molecule has 0 fully saturated rings. The molecule has 0 spiro atoms. The first-order valence-electron chi connectivity index (χ1n) is 5.88. The summed E-state index contributed by atoms with van der Waals surface area (Å²) in [6.07, 6.45) is 0.340. The highest BCUT2D eigenvalue weighted by Crippen LogP contribution is 2.24. The molecule has 0 unspecified atom stereocenters. The third kappa shape index (κ3) is 3.10. The number of halogens is 5. The zero-order valence-electron chi connectivity index (χ0n) is 11.0. The predicted molar refractivity (Wildman–Crippen MR) is 70.5 cm³/mol. The molecule has 120 valence electrons. The standard InChI is InChI=1S/C13H6F5N3O2/c14-9-6(10(15)12(17)13(18)11(9)16)5-19-20-7-3-1-2-4-8(7)21(22)23/h1-5,20H/b19-5+. The van der Waals surface area contributed by atoms with Crippen LogP contribution in [-0.2, 0) is 0 Å². The molecular weight excluding hydrogens is 325 g/mol. The van der Waals surface area contributed by atoms with Crippen LogP contribution in [-0.4, -0.2) is 11.1 Å². The van der Waals surface area contributed by atoms with Crippen LogP contribution in [0.3, 0.4) is 0 Å². The Hall–Kier alpha value is -3.04. The molecule has 0 aliphatic heterocycles. The van der Waals surface area contributed by atoms with Crippen molar-refractivity contribution in [3.8, 4) is 0 Å². The summed E-state index contributed by atoms with van der Waals surface area (Å²) in [5.74, 6) is -10.6. The van der Waals surface area contributed by atoms with E-state index in [1.807, 2.05) is 0 Å². The summed E-state index contributed by atoms with van der Waals surface area (Å²) in [7, 11) is 0. The zero-order valence-corrected chi connectivity index (χ0v) is 11.0. The predicted octanol–water partition coefficient (Wildman–Crippen LogP) is 3.74. The van der Waals surface area contributed by atoms with E-state index < -0.39 is 39.6 Å². The molecule has 0 amide bonds. The molecule has 10 heteroatoms. The lowest BCUT2D eigenvalue weighted by molar-refractivity contribution is -0.384. The average Bonchev–Trinajstić information content (AvgIpc) is 2.54. The smallest absolute Gasteiger partial charge is 0.272 e. The van der Waals surface area contributed by atoms with Gasteiger partial charge in [0.2, 0.25) is 5.82 Å². The summed E-state index contributed by atoms with van der Waals surface area (Å²) in [6, 6.07) is 5.17. The molecule has 0 aromatic heterocycles. The molecule has 0 saturated carbocycles. The number of nitro groups is 1. The van der Waals surface area contributed by atoms with Crippen molar-refractivity contribution in [3.63, 3.8) is 0 Å². The molecule has 2 aromatic rings. The van der Waals surface area contributed by atoms with E-state index in [0.29, 0.717) is 6.21 Å². The van der Waals surface area contributed by atoms with Crippen molar-refractivity contribution in [2.45, 2.75) is 0 Å². The van der Waals surface area contributed by atoms with Crippen LogP contribution in [0.25, 0.3) is 0 Å². The quantitative estimate of drug-likeness (QED) is 0.232. The maximum absolute atomic E-state index is 13.4. The van der Waals surface area contributed by atoms with Gasteiger partial charge in [0.1, 0.15) is 5.69 Å². The van der Waals surface area contributed by atoms with Crippen LogP contribution in [0.4, 0.5) is 33.3 Å². The lowest BCUT2D eigenvalue weighted by Gasteiger charge is -2.04. The van der Waals surface area contributed by atoms with E-state index in [0.717, 1.165) is 6.07 Å². The zero-order chi connectivity index (χ0) is 17.1. The summed E-state index contributed by atoms with van der Waals surface area (Å²) in [5, 5.41) is 14.0. The van der Waals surface area contributed by atoms with E-state index in [-0.39, 0.29) is 11.4 Å². The van der Waals surface area contributed by atoms with Crippen molar-refractivity contribution < 1.29 is 26.9 Å². The molecule has 23 heavy (non-hydrogen) atoms. The van der Waals surface area contributed by atoms with Crippen LogP contribution in [0.5, 0.6) is 0 Å². The average molecular weight is 331 g/mol. The van der Waals surface area contributed by atoms with E-state index >= 15 is 0 Å². The van der Waals surface area contributed by atoms with E-state index in [1.165, 1.54) is 18.2 Å². The largest absolute Gasteiger partial charge is 0.294 e. The van der Waals surface area contributed by atoms with Gasteiger partial charge in [-0.1, -0.05) is 12.1 Å². The van der Waals surface area contributed by atoms with Crippen LogP contribution < -0.4 is 5.43 Å². The van der Waals surface area contributed by atoms with Gasteiger partial charge in [0, 0.05) is 6.07 Å². The van der Waals surface area contributed by atoms with Gasteiger partial charge in [-0.15, -0.1) is 0 Å². The van der Waals surface area contributed by atoms with Crippen LogP contribution in [0, 0.1) is 39.2 Å². The normalized spacial score (nSPS) is 11.0. The van der Waals surface area contributed by atoms with Gasteiger partial charge in [-0.3, -0.25) is 15.5 Å². The Labute approximate surface area is 125 Å². The van der Waals surface area contributed by atoms with Crippen molar-refractivity contribution >= 4 is 17.6 Å². The topological polar surface area (TPSA) is 67.5 Å². The molecule has 5 nitrogen and oxygen atoms in total. The molecule has 0 radical (unpaired) electrons. The fourth-order valence-corrected chi connectivity index (χ4v) is 1.63. The number of nitrogens with one attached hydrogen (secondary N) is 1. The molecular formula is C13H6F5N3O2. The van der Waals surface area contributed by atoms with Gasteiger partial charge < -0.3 is 0 Å². The lowest BCUT2D eigenvalue weighted by Crippen LogP contribution is -2.07. The third-order valence-electron chi connectivity index (χ3n) is 2.72. The maximum atomic E-state index is 13.4. The molecule has 2 rings (SSSR count). The Morgan fingerprint density at radius 1 is 0.957 bits per heavy atom. The summed E-state index contributed by atoms with van der Waals surface area (Å²) in [4.78, 5) is 10.0. The highest BCUT2D eigenvalue weighted by molar-refractivity contribution is 5.81. The Morgan fingerprint density at radius 3 is 2.04 bits per heavy atom. The van der Waals surface area contributed by atoms with Crippen molar-refractivity contribution in [1.29, 1.82) is 0 Å². The highest BCUT2D eigenvalue weighted by atomic mass is 19.2. The monoisotopic (exact) mass is 331 g/mol. The van der Waals surface area contributed by atoms with Crippen LogP contribution in [0.1, 0.15) is 5.56 Å². The number of nitro benzene ring substituents is 1. The van der Waals surface area contributed by atoms with Gasteiger partial charge >= 0.3 is 0 Å². The SMILES string of the molecule is O=[N+]([O-])c1ccccc1N/N=C/c1c(F)c(F)c(F)c(F)c1F. The number of hydrogen-bond donors (Lipinski definition) is 1. The third-order valence-corrected chi connectivity index (χ3v) is 2.72. The lowest BCUT2D eigenvalue weighted by atomic mass is 10.2. The molecule has 0 atom stereocenters. The first-order valence-corrected chi connectivity index (χ1v) is 5.88. The van der Waals surface area contributed by atoms with Gasteiger partial charge in [0.25, 0.3) is 5.69 Å². The molecule has 1 N–H and O–H groups in total. The minimum absolute atomic E-state index is 0.127. The first-order chi connectivity index (χ1) is 10.8. The van der Waals surface area contributed by atoms with Crippen LogP contribution in [0.2, 0.25) is 0 Å². The van der Waals surface area contributed by atoms with Gasteiger partial charge in [0.05, 0.1) is 16.7 Å².